The van der Waals surface area contributed by atoms with Gasteiger partial charge in [0, 0.05) is 12.1 Å². The van der Waals surface area contributed by atoms with Gasteiger partial charge in [-0.3, -0.25) is 19.5 Å². The Bertz CT molecular complexity index is 1100. The number of benzene rings is 2. The molecule has 0 aromatic heterocycles. The summed E-state index contributed by atoms with van der Waals surface area (Å²) in [6.07, 6.45) is 0.0989. The van der Waals surface area contributed by atoms with Crippen LogP contribution in [0.3, 0.4) is 0 Å². The van der Waals surface area contributed by atoms with Crippen molar-refractivity contribution in [1.82, 2.24) is 10.2 Å². The summed E-state index contributed by atoms with van der Waals surface area (Å²) in [4.78, 5) is 50.2. The van der Waals surface area contributed by atoms with Crippen molar-refractivity contribution in [3.63, 3.8) is 0 Å². The fourth-order valence-electron chi connectivity index (χ4n) is 3.64. The molecular weight excluding hydrogens is 426 g/mol. The molecule has 1 atom stereocenters. The minimum atomic E-state index is -0.749. The first kappa shape index (κ1) is 22.0. The predicted octanol–water partition coefficient (Wildman–Crippen LogP) is 1.87. The molecule has 1 unspecified atom stereocenters. The van der Waals surface area contributed by atoms with Crippen LogP contribution in [-0.2, 0) is 25.7 Å². The number of nitrogens with one attached hydrogen (secondary N) is 2. The average molecular weight is 449 g/mol. The molecule has 0 radical (unpaired) electrons. The van der Waals surface area contributed by atoms with Gasteiger partial charge < -0.3 is 15.4 Å². The summed E-state index contributed by atoms with van der Waals surface area (Å²) in [5.41, 5.74) is 2.03. The van der Waals surface area contributed by atoms with E-state index in [1.807, 2.05) is 18.2 Å². The largest absolute Gasteiger partial charge is 0.461 e. The van der Waals surface area contributed by atoms with Crippen LogP contribution in [0.15, 0.2) is 59.7 Å². The molecule has 1 saturated heterocycles. The van der Waals surface area contributed by atoms with Crippen LogP contribution in [0, 0.1) is 0 Å². The van der Waals surface area contributed by atoms with Gasteiger partial charge in [-0.05, 0) is 36.8 Å². The van der Waals surface area contributed by atoms with Crippen molar-refractivity contribution >= 4 is 40.9 Å². The monoisotopic (exact) mass is 449 g/mol. The third-order valence-electron chi connectivity index (χ3n) is 5.22. The number of ether oxygens (including phenoxy) is 1. The Balaban J connectivity index is 1.50. The average Bonchev–Trinajstić information content (AvgIpc) is 3.40. The van der Waals surface area contributed by atoms with E-state index >= 15 is 0 Å². The minimum absolute atomic E-state index is 0.0188. The van der Waals surface area contributed by atoms with Crippen molar-refractivity contribution in [2.75, 3.05) is 23.5 Å². The Morgan fingerprint density at radius 2 is 1.94 bits per heavy atom. The van der Waals surface area contributed by atoms with Gasteiger partial charge in [0.1, 0.15) is 11.8 Å². The molecule has 2 heterocycles. The highest BCUT2D eigenvalue weighted by molar-refractivity contribution is 6.38. The van der Waals surface area contributed by atoms with Gasteiger partial charge in [-0.1, -0.05) is 30.3 Å². The van der Waals surface area contributed by atoms with Gasteiger partial charge in [0.2, 0.25) is 11.8 Å². The number of urea groups is 1. The quantitative estimate of drug-likeness (QED) is 0.492. The SMILES string of the molecule is CCOC(=O)C1=NN(c2ccccc2)C(C(=O)Nc2cccc(CN3C(=O)CNC3=O)c2)C1. The second kappa shape index (κ2) is 9.51. The maximum Gasteiger partial charge on any atom is 0.354 e. The fourth-order valence-corrected chi connectivity index (χ4v) is 3.64. The van der Waals surface area contributed by atoms with E-state index in [1.54, 1.807) is 43.3 Å². The van der Waals surface area contributed by atoms with Crippen molar-refractivity contribution in [3.8, 4) is 0 Å². The second-order valence-electron chi connectivity index (χ2n) is 7.50. The maximum atomic E-state index is 13.2. The molecule has 0 aliphatic carbocycles. The van der Waals surface area contributed by atoms with Crippen LogP contribution >= 0.6 is 0 Å². The van der Waals surface area contributed by atoms with Crippen LogP contribution < -0.4 is 15.6 Å². The smallest absolute Gasteiger partial charge is 0.354 e. The highest BCUT2D eigenvalue weighted by Gasteiger charge is 2.37. The molecule has 2 aromatic rings. The lowest BCUT2D eigenvalue weighted by Gasteiger charge is -2.23. The molecule has 2 aliphatic heterocycles. The zero-order chi connectivity index (χ0) is 23.4. The summed E-state index contributed by atoms with van der Waals surface area (Å²) >= 11 is 0. The van der Waals surface area contributed by atoms with Crippen LogP contribution in [0.25, 0.3) is 0 Å². The molecule has 33 heavy (non-hydrogen) atoms. The number of hydrogen-bond acceptors (Lipinski definition) is 7. The molecule has 170 valence electrons. The molecule has 10 heteroatoms. The number of rotatable bonds is 7. The minimum Gasteiger partial charge on any atom is -0.461 e. The summed E-state index contributed by atoms with van der Waals surface area (Å²) in [7, 11) is 0. The number of anilines is 2. The van der Waals surface area contributed by atoms with Gasteiger partial charge in [-0.15, -0.1) is 0 Å². The van der Waals surface area contributed by atoms with Gasteiger partial charge in [-0.2, -0.15) is 5.10 Å². The first-order valence-electron chi connectivity index (χ1n) is 10.5. The number of hydrogen-bond donors (Lipinski definition) is 2. The molecule has 1 fully saturated rings. The Kier molecular flexibility index (Phi) is 6.34. The Morgan fingerprint density at radius 1 is 1.15 bits per heavy atom. The molecule has 2 aromatic carbocycles. The molecule has 0 saturated carbocycles. The van der Waals surface area contributed by atoms with E-state index in [0.717, 1.165) is 4.90 Å². The lowest BCUT2D eigenvalue weighted by molar-refractivity contribution is -0.135. The summed E-state index contributed by atoms with van der Waals surface area (Å²) in [6, 6.07) is 14.8. The summed E-state index contributed by atoms with van der Waals surface area (Å²) < 4.78 is 5.06. The van der Waals surface area contributed by atoms with Gasteiger partial charge >= 0.3 is 12.0 Å². The summed E-state index contributed by atoms with van der Waals surface area (Å²) in [5.74, 6) is -1.21. The number of amides is 4. The number of nitrogens with zero attached hydrogens (tertiary/aromatic N) is 3. The highest BCUT2D eigenvalue weighted by atomic mass is 16.5. The Labute approximate surface area is 190 Å². The molecule has 0 spiro atoms. The number of esters is 1. The number of para-hydroxylation sites is 1. The van der Waals surface area contributed by atoms with Crippen LogP contribution in [0.5, 0.6) is 0 Å². The highest BCUT2D eigenvalue weighted by Crippen LogP contribution is 2.26. The van der Waals surface area contributed by atoms with Crippen LogP contribution in [0.2, 0.25) is 0 Å². The molecule has 2 N–H and O–H groups in total. The van der Waals surface area contributed by atoms with Crippen LogP contribution in [0.1, 0.15) is 18.9 Å². The fraction of sp³-hybridized carbons (Fsp3) is 0.261. The predicted molar refractivity (Wildman–Crippen MR) is 120 cm³/mol. The zero-order valence-electron chi connectivity index (χ0n) is 18.0. The van der Waals surface area contributed by atoms with Gasteiger partial charge in [0.05, 0.1) is 25.4 Å². The van der Waals surface area contributed by atoms with E-state index < -0.39 is 18.0 Å². The molecule has 10 nitrogen and oxygen atoms in total. The van der Waals surface area contributed by atoms with Gasteiger partial charge in [0.15, 0.2) is 0 Å². The topological polar surface area (TPSA) is 120 Å². The number of hydrazone groups is 1. The molecule has 2 aliphatic rings. The van der Waals surface area contributed by atoms with Crippen molar-refractivity contribution in [1.29, 1.82) is 0 Å². The normalized spacial score (nSPS) is 17.6. The molecule has 0 bridgehead atoms. The van der Waals surface area contributed by atoms with E-state index in [0.29, 0.717) is 16.9 Å². The van der Waals surface area contributed by atoms with Gasteiger partial charge in [0.25, 0.3) is 0 Å². The van der Waals surface area contributed by atoms with Gasteiger partial charge in [-0.25, -0.2) is 9.59 Å². The Morgan fingerprint density at radius 3 is 2.64 bits per heavy atom. The van der Waals surface area contributed by atoms with Crippen molar-refractivity contribution < 1.29 is 23.9 Å². The van der Waals surface area contributed by atoms with E-state index in [4.69, 9.17) is 4.74 Å². The lowest BCUT2D eigenvalue weighted by atomic mass is 10.1. The zero-order valence-corrected chi connectivity index (χ0v) is 18.0. The Hall–Kier alpha value is -4.21. The maximum absolute atomic E-state index is 13.2. The second-order valence-corrected chi connectivity index (χ2v) is 7.50. The number of carbonyl (C=O) groups is 4. The van der Waals surface area contributed by atoms with Crippen LogP contribution in [0.4, 0.5) is 16.2 Å². The molecule has 4 amide bonds. The first-order valence-corrected chi connectivity index (χ1v) is 10.5. The van der Waals surface area contributed by atoms with E-state index in [2.05, 4.69) is 15.7 Å². The third kappa shape index (κ3) is 4.84. The standard InChI is InChI=1S/C23H23N5O5/c1-2-33-22(31)18-12-19(28(26-18)17-9-4-3-5-10-17)21(30)25-16-8-6-7-15(11-16)14-27-20(29)13-24-23(27)32/h3-11,19H,2,12-14H2,1H3,(H,24,32)(H,25,30). The number of imide groups is 1. The van der Waals surface area contributed by atoms with E-state index in [-0.39, 0.29) is 43.6 Å². The lowest BCUT2D eigenvalue weighted by Crippen LogP contribution is -2.38. The molecular formula is C23H23N5O5. The molecule has 4 rings (SSSR count). The summed E-state index contributed by atoms with van der Waals surface area (Å²) in [6.45, 7) is 2.00. The van der Waals surface area contributed by atoms with Crippen molar-refractivity contribution in [2.24, 2.45) is 5.10 Å². The van der Waals surface area contributed by atoms with Crippen molar-refractivity contribution in [2.45, 2.75) is 25.9 Å². The van der Waals surface area contributed by atoms with Crippen molar-refractivity contribution in [3.05, 3.63) is 60.2 Å². The van der Waals surface area contributed by atoms with Crippen LogP contribution in [-0.4, -0.2) is 53.6 Å². The summed E-state index contributed by atoms with van der Waals surface area (Å²) in [5, 5.41) is 11.2. The van der Waals surface area contributed by atoms with E-state index in [9.17, 15) is 19.2 Å². The number of carbonyl (C=O) groups excluding carboxylic acids is 4. The first-order chi connectivity index (χ1) is 16.0. The van der Waals surface area contributed by atoms with E-state index in [1.165, 1.54) is 5.01 Å². The third-order valence-corrected chi connectivity index (χ3v) is 5.22.